The lowest BCUT2D eigenvalue weighted by Gasteiger charge is -2.46. The molecule has 1 aliphatic rings. The first-order valence-corrected chi connectivity index (χ1v) is 6.59. The van der Waals surface area contributed by atoms with Gasteiger partial charge in [0.1, 0.15) is 0 Å². The summed E-state index contributed by atoms with van der Waals surface area (Å²) >= 11 is 0. The molecule has 1 aliphatic carbocycles. The van der Waals surface area contributed by atoms with E-state index in [9.17, 15) is 0 Å². The topological polar surface area (TPSA) is 24.5 Å². The van der Waals surface area contributed by atoms with Gasteiger partial charge in [-0.15, -0.1) is 0 Å². The third-order valence-electron chi connectivity index (χ3n) is 3.89. The maximum absolute atomic E-state index is 5.90. The summed E-state index contributed by atoms with van der Waals surface area (Å²) in [5, 5.41) is 3.51. The standard InChI is InChI=1S/C13H28N2O/c1-6-15(5)13(14-4)9-7-12(8-10-13)16-11(2)3/h11-12,14H,6-10H2,1-5H3. The highest BCUT2D eigenvalue weighted by Gasteiger charge is 2.37. The number of nitrogens with zero attached hydrogens (tertiary/aromatic N) is 1. The summed E-state index contributed by atoms with van der Waals surface area (Å²) in [6, 6.07) is 0. The second-order valence-corrected chi connectivity index (χ2v) is 5.18. The quantitative estimate of drug-likeness (QED) is 0.730. The Kier molecular flexibility index (Phi) is 5.22. The molecule has 3 heteroatoms. The predicted octanol–water partition coefficient (Wildman–Crippen LogP) is 2.22. The molecule has 0 aliphatic heterocycles. The van der Waals surface area contributed by atoms with Crippen molar-refractivity contribution in [2.75, 3.05) is 20.6 Å². The zero-order valence-electron chi connectivity index (χ0n) is 11.5. The second kappa shape index (κ2) is 5.99. The van der Waals surface area contributed by atoms with Crippen LogP contribution in [0.4, 0.5) is 0 Å². The third-order valence-corrected chi connectivity index (χ3v) is 3.89. The molecule has 0 saturated heterocycles. The summed E-state index contributed by atoms with van der Waals surface area (Å²) < 4.78 is 5.90. The third kappa shape index (κ3) is 3.19. The molecule has 1 fully saturated rings. The molecule has 1 N–H and O–H groups in total. The molecule has 0 amide bonds. The Morgan fingerprint density at radius 3 is 2.31 bits per heavy atom. The zero-order valence-corrected chi connectivity index (χ0v) is 11.5. The molecular formula is C13H28N2O. The lowest BCUT2D eigenvalue weighted by Crippen LogP contribution is -2.58. The van der Waals surface area contributed by atoms with Gasteiger partial charge in [-0.1, -0.05) is 6.92 Å². The normalized spacial score (nSPS) is 31.3. The van der Waals surface area contributed by atoms with Gasteiger partial charge in [0.15, 0.2) is 0 Å². The molecule has 0 unspecified atom stereocenters. The zero-order chi connectivity index (χ0) is 12.2. The van der Waals surface area contributed by atoms with E-state index in [2.05, 4.69) is 45.1 Å². The Bertz CT molecular complexity index is 198. The smallest absolute Gasteiger partial charge is 0.0709 e. The van der Waals surface area contributed by atoms with Gasteiger partial charge in [0.25, 0.3) is 0 Å². The number of ether oxygens (including phenoxy) is 1. The Morgan fingerprint density at radius 2 is 1.94 bits per heavy atom. The molecule has 0 radical (unpaired) electrons. The van der Waals surface area contributed by atoms with Crippen molar-refractivity contribution in [1.29, 1.82) is 0 Å². The highest BCUT2D eigenvalue weighted by Crippen LogP contribution is 2.32. The summed E-state index contributed by atoms with van der Waals surface area (Å²) in [5.41, 5.74) is 0.200. The largest absolute Gasteiger partial charge is 0.376 e. The summed E-state index contributed by atoms with van der Waals surface area (Å²) in [6.45, 7) is 7.56. The van der Waals surface area contributed by atoms with Gasteiger partial charge in [0, 0.05) is 0 Å². The molecule has 0 bridgehead atoms. The lowest BCUT2D eigenvalue weighted by molar-refractivity contribution is -0.0529. The first-order valence-electron chi connectivity index (χ1n) is 6.59. The van der Waals surface area contributed by atoms with Crippen molar-refractivity contribution in [2.45, 2.75) is 64.3 Å². The van der Waals surface area contributed by atoms with E-state index in [0.29, 0.717) is 12.2 Å². The van der Waals surface area contributed by atoms with E-state index in [0.717, 1.165) is 6.54 Å². The summed E-state index contributed by atoms with van der Waals surface area (Å²) in [7, 11) is 4.29. The predicted molar refractivity (Wildman–Crippen MR) is 68.6 cm³/mol. The molecular weight excluding hydrogens is 200 g/mol. The van der Waals surface area contributed by atoms with Gasteiger partial charge in [-0.3, -0.25) is 4.90 Å². The minimum absolute atomic E-state index is 0.200. The minimum Gasteiger partial charge on any atom is -0.376 e. The molecule has 0 aromatic carbocycles. The lowest BCUT2D eigenvalue weighted by atomic mass is 9.86. The summed E-state index contributed by atoms with van der Waals surface area (Å²) in [5.74, 6) is 0. The van der Waals surface area contributed by atoms with Crippen LogP contribution in [0.5, 0.6) is 0 Å². The Hall–Kier alpha value is -0.120. The Balaban J connectivity index is 2.50. The van der Waals surface area contributed by atoms with Gasteiger partial charge < -0.3 is 10.1 Å². The molecule has 3 nitrogen and oxygen atoms in total. The van der Waals surface area contributed by atoms with Crippen LogP contribution in [0.2, 0.25) is 0 Å². The van der Waals surface area contributed by atoms with Gasteiger partial charge in [0.05, 0.1) is 17.9 Å². The van der Waals surface area contributed by atoms with Crippen LogP contribution in [0.1, 0.15) is 46.5 Å². The van der Waals surface area contributed by atoms with Crippen LogP contribution in [0.3, 0.4) is 0 Å². The summed E-state index contributed by atoms with van der Waals surface area (Å²) in [4.78, 5) is 2.43. The van der Waals surface area contributed by atoms with E-state index in [1.54, 1.807) is 0 Å². The number of rotatable bonds is 5. The van der Waals surface area contributed by atoms with Crippen molar-refractivity contribution >= 4 is 0 Å². The molecule has 0 spiro atoms. The van der Waals surface area contributed by atoms with Crippen LogP contribution in [0.25, 0.3) is 0 Å². The monoisotopic (exact) mass is 228 g/mol. The van der Waals surface area contributed by atoms with Gasteiger partial charge in [-0.25, -0.2) is 0 Å². The highest BCUT2D eigenvalue weighted by atomic mass is 16.5. The molecule has 1 rings (SSSR count). The van der Waals surface area contributed by atoms with Crippen LogP contribution in [0, 0.1) is 0 Å². The van der Waals surface area contributed by atoms with Gasteiger partial charge in [-0.2, -0.15) is 0 Å². The molecule has 1 saturated carbocycles. The first kappa shape index (κ1) is 13.9. The van der Waals surface area contributed by atoms with Gasteiger partial charge in [0.2, 0.25) is 0 Å². The first-order chi connectivity index (χ1) is 7.54. The van der Waals surface area contributed by atoms with Crippen LogP contribution in [-0.2, 0) is 4.74 Å². The van der Waals surface area contributed by atoms with E-state index < -0.39 is 0 Å². The molecule has 0 aromatic rings. The van der Waals surface area contributed by atoms with Crippen molar-refractivity contribution in [3.05, 3.63) is 0 Å². The Labute approximate surface area is 101 Å². The average molecular weight is 228 g/mol. The van der Waals surface area contributed by atoms with Crippen LogP contribution in [0.15, 0.2) is 0 Å². The van der Waals surface area contributed by atoms with Crippen molar-refractivity contribution in [3.63, 3.8) is 0 Å². The number of nitrogens with one attached hydrogen (secondary N) is 1. The number of hydrogen-bond donors (Lipinski definition) is 1. The molecule has 0 atom stereocenters. The highest BCUT2D eigenvalue weighted by molar-refractivity contribution is 4.91. The van der Waals surface area contributed by atoms with Crippen molar-refractivity contribution < 1.29 is 4.74 Å². The van der Waals surface area contributed by atoms with Crippen molar-refractivity contribution in [2.24, 2.45) is 0 Å². The van der Waals surface area contributed by atoms with E-state index in [4.69, 9.17) is 4.74 Å². The van der Waals surface area contributed by atoms with E-state index >= 15 is 0 Å². The van der Waals surface area contributed by atoms with E-state index in [1.807, 2.05) is 0 Å². The summed E-state index contributed by atoms with van der Waals surface area (Å²) in [6.07, 6.45) is 5.53. The second-order valence-electron chi connectivity index (χ2n) is 5.18. The number of hydrogen-bond acceptors (Lipinski definition) is 3. The van der Waals surface area contributed by atoms with E-state index in [-0.39, 0.29) is 5.66 Å². The molecule has 96 valence electrons. The van der Waals surface area contributed by atoms with Crippen molar-refractivity contribution in [1.82, 2.24) is 10.2 Å². The molecule has 16 heavy (non-hydrogen) atoms. The minimum atomic E-state index is 0.200. The average Bonchev–Trinajstić information content (AvgIpc) is 2.28. The Morgan fingerprint density at radius 1 is 1.38 bits per heavy atom. The maximum atomic E-state index is 5.90. The van der Waals surface area contributed by atoms with Crippen LogP contribution < -0.4 is 5.32 Å². The van der Waals surface area contributed by atoms with Crippen LogP contribution >= 0.6 is 0 Å². The SMILES string of the molecule is CCN(C)C1(NC)CCC(OC(C)C)CC1. The van der Waals surface area contributed by atoms with Gasteiger partial charge >= 0.3 is 0 Å². The maximum Gasteiger partial charge on any atom is 0.0709 e. The van der Waals surface area contributed by atoms with Gasteiger partial charge in [-0.05, 0) is 60.2 Å². The fraction of sp³-hybridized carbons (Fsp3) is 1.00. The van der Waals surface area contributed by atoms with Crippen LogP contribution in [-0.4, -0.2) is 43.4 Å². The van der Waals surface area contributed by atoms with E-state index in [1.165, 1.54) is 25.7 Å². The molecule has 0 heterocycles. The van der Waals surface area contributed by atoms with Crippen molar-refractivity contribution in [3.8, 4) is 0 Å². The fourth-order valence-corrected chi connectivity index (χ4v) is 2.72. The fourth-order valence-electron chi connectivity index (χ4n) is 2.72. The molecule has 0 aromatic heterocycles.